The number of nitrogens with one attached hydrogen (secondary N) is 2. The smallest absolute Gasteiger partial charge is 0.0854 e. The molecule has 2 rings (SSSR count). The van der Waals surface area contributed by atoms with Gasteiger partial charge in [-0.3, -0.25) is 9.97 Å². The van der Waals surface area contributed by atoms with Gasteiger partial charge >= 0.3 is 0 Å². The molecule has 0 amide bonds. The topological polar surface area (TPSA) is 49.8 Å². The van der Waals surface area contributed by atoms with E-state index in [-0.39, 0.29) is 0 Å². The van der Waals surface area contributed by atoms with Gasteiger partial charge in [-0.2, -0.15) is 0 Å². The van der Waals surface area contributed by atoms with E-state index < -0.39 is 0 Å². The molecule has 0 atom stereocenters. The molecule has 0 aromatic carbocycles. The molecule has 26 heavy (non-hydrogen) atoms. The van der Waals surface area contributed by atoms with Crippen LogP contribution < -0.4 is 10.6 Å². The van der Waals surface area contributed by atoms with Crippen molar-refractivity contribution in [3.63, 3.8) is 0 Å². The SMILES string of the molecule is C#C.C=C(NCCCCCCNC(=C)c1ccccn1)c1ccccn1. The zero-order valence-corrected chi connectivity index (χ0v) is 15.3. The number of aromatic nitrogens is 2. The van der Waals surface area contributed by atoms with Crippen LogP contribution in [0.25, 0.3) is 11.4 Å². The molecule has 4 heteroatoms. The molecular formula is C22H28N4. The molecule has 0 radical (unpaired) electrons. The predicted molar refractivity (Wildman–Crippen MR) is 111 cm³/mol. The summed E-state index contributed by atoms with van der Waals surface area (Å²) in [5, 5.41) is 6.67. The third-order valence-electron chi connectivity index (χ3n) is 3.73. The fourth-order valence-electron chi connectivity index (χ4n) is 2.35. The van der Waals surface area contributed by atoms with Gasteiger partial charge in [0, 0.05) is 25.5 Å². The van der Waals surface area contributed by atoms with E-state index in [1.54, 1.807) is 12.4 Å². The highest BCUT2D eigenvalue weighted by Crippen LogP contribution is 2.07. The first kappa shape index (κ1) is 21.0. The quantitative estimate of drug-likeness (QED) is 0.474. The summed E-state index contributed by atoms with van der Waals surface area (Å²) in [5.74, 6) is 0. The first-order valence-corrected chi connectivity index (χ1v) is 8.79. The van der Waals surface area contributed by atoms with Crippen molar-refractivity contribution in [1.29, 1.82) is 0 Å². The lowest BCUT2D eigenvalue weighted by Gasteiger charge is -2.10. The highest BCUT2D eigenvalue weighted by molar-refractivity contribution is 5.58. The van der Waals surface area contributed by atoms with E-state index in [4.69, 9.17) is 0 Å². The molecule has 0 spiro atoms. The summed E-state index contributed by atoms with van der Waals surface area (Å²) in [7, 11) is 0. The zero-order valence-electron chi connectivity index (χ0n) is 15.3. The third kappa shape index (κ3) is 8.16. The Labute approximate surface area is 157 Å². The Morgan fingerprint density at radius 1 is 0.731 bits per heavy atom. The van der Waals surface area contributed by atoms with Crippen molar-refractivity contribution in [2.45, 2.75) is 25.7 Å². The third-order valence-corrected chi connectivity index (χ3v) is 3.73. The van der Waals surface area contributed by atoms with E-state index >= 15 is 0 Å². The lowest BCUT2D eigenvalue weighted by Crippen LogP contribution is -2.15. The van der Waals surface area contributed by atoms with Crippen LogP contribution >= 0.6 is 0 Å². The standard InChI is InChI=1S/C20H26N4.C2H2/c1-17(19-11-5-9-15-23-19)21-13-7-3-4-8-14-22-18(2)20-12-6-10-16-24-20;1-2/h5-6,9-12,15-16,21-22H,1-4,7-8,13-14H2;1-2H. The van der Waals surface area contributed by atoms with Crippen LogP contribution in [0, 0.1) is 12.8 Å². The minimum absolute atomic E-state index is 0.893. The molecule has 0 fully saturated rings. The van der Waals surface area contributed by atoms with Gasteiger partial charge in [-0.15, -0.1) is 12.8 Å². The summed E-state index contributed by atoms with van der Waals surface area (Å²) in [6.07, 6.45) is 16.2. The molecule has 0 bridgehead atoms. The van der Waals surface area contributed by atoms with Crippen molar-refractivity contribution in [3.8, 4) is 12.8 Å². The molecule has 136 valence electrons. The van der Waals surface area contributed by atoms with Gasteiger partial charge in [-0.25, -0.2) is 0 Å². The largest absolute Gasteiger partial charge is 0.384 e. The average Bonchev–Trinajstić information content (AvgIpc) is 2.72. The van der Waals surface area contributed by atoms with Crippen molar-refractivity contribution in [2.24, 2.45) is 0 Å². The minimum Gasteiger partial charge on any atom is -0.384 e. The predicted octanol–water partition coefficient (Wildman–Crippen LogP) is 4.11. The van der Waals surface area contributed by atoms with Crippen LogP contribution in [0.4, 0.5) is 0 Å². The lowest BCUT2D eigenvalue weighted by atomic mass is 10.2. The van der Waals surface area contributed by atoms with Crippen molar-refractivity contribution >= 4 is 11.4 Å². The number of terminal acetylenes is 1. The van der Waals surface area contributed by atoms with E-state index in [0.29, 0.717) is 0 Å². The van der Waals surface area contributed by atoms with Gasteiger partial charge in [-0.05, 0) is 37.1 Å². The van der Waals surface area contributed by atoms with Crippen molar-refractivity contribution < 1.29 is 0 Å². The maximum absolute atomic E-state index is 4.28. The second-order valence-electron chi connectivity index (χ2n) is 5.65. The summed E-state index contributed by atoms with van der Waals surface area (Å²) in [5.41, 5.74) is 3.61. The molecule has 0 aliphatic carbocycles. The Morgan fingerprint density at radius 3 is 1.50 bits per heavy atom. The summed E-state index contributed by atoms with van der Waals surface area (Å²) in [4.78, 5) is 8.55. The monoisotopic (exact) mass is 348 g/mol. The summed E-state index contributed by atoms with van der Waals surface area (Å²) < 4.78 is 0. The highest BCUT2D eigenvalue weighted by Gasteiger charge is 1.99. The van der Waals surface area contributed by atoms with E-state index in [1.807, 2.05) is 36.4 Å². The summed E-state index contributed by atoms with van der Waals surface area (Å²) in [6.45, 7) is 9.91. The minimum atomic E-state index is 0.893. The molecule has 4 nitrogen and oxygen atoms in total. The van der Waals surface area contributed by atoms with Crippen LogP contribution in [0.5, 0.6) is 0 Å². The summed E-state index contributed by atoms with van der Waals surface area (Å²) in [6, 6.07) is 11.7. The average molecular weight is 348 g/mol. The summed E-state index contributed by atoms with van der Waals surface area (Å²) >= 11 is 0. The van der Waals surface area contributed by atoms with Crippen LogP contribution in [0.2, 0.25) is 0 Å². The maximum Gasteiger partial charge on any atom is 0.0854 e. The van der Waals surface area contributed by atoms with Crippen molar-refractivity contribution in [2.75, 3.05) is 13.1 Å². The van der Waals surface area contributed by atoms with Crippen LogP contribution in [0.3, 0.4) is 0 Å². The van der Waals surface area contributed by atoms with Gasteiger partial charge in [-0.1, -0.05) is 38.1 Å². The molecule has 0 aliphatic rings. The fourth-order valence-corrected chi connectivity index (χ4v) is 2.35. The Bertz CT molecular complexity index is 605. The lowest BCUT2D eigenvalue weighted by molar-refractivity contribution is 0.618. The van der Waals surface area contributed by atoms with Crippen molar-refractivity contribution in [1.82, 2.24) is 20.6 Å². The normalized spacial score (nSPS) is 9.46. The number of hydrogen-bond acceptors (Lipinski definition) is 4. The van der Waals surface area contributed by atoms with Crippen LogP contribution in [-0.4, -0.2) is 23.1 Å². The number of hydrogen-bond donors (Lipinski definition) is 2. The Kier molecular flexibility index (Phi) is 10.7. The van der Waals surface area contributed by atoms with E-state index in [0.717, 1.165) is 48.7 Å². The maximum atomic E-state index is 4.28. The molecule has 2 aromatic heterocycles. The molecule has 0 saturated carbocycles. The Morgan fingerprint density at radius 2 is 1.15 bits per heavy atom. The number of rotatable bonds is 11. The molecule has 2 heterocycles. The first-order chi connectivity index (χ1) is 12.8. The van der Waals surface area contributed by atoms with E-state index in [1.165, 1.54) is 12.8 Å². The second kappa shape index (κ2) is 13.3. The van der Waals surface area contributed by atoms with Crippen LogP contribution in [0.15, 0.2) is 61.9 Å². The first-order valence-electron chi connectivity index (χ1n) is 8.79. The van der Waals surface area contributed by atoms with Gasteiger partial charge in [0.2, 0.25) is 0 Å². The van der Waals surface area contributed by atoms with Crippen LogP contribution in [-0.2, 0) is 0 Å². The molecule has 0 unspecified atom stereocenters. The highest BCUT2D eigenvalue weighted by atomic mass is 14.9. The zero-order chi connectivity index (χ0) is 19.0. The van der Waals surface area contributed by atoms with Crippen LogP contribution in [0.1, 0.15) is 37.1 Å². The van der Waals surface area contributed by atoms with E-state index in [2.05, 4.69) is 46.6 Å². The molecule has 2 aromatic rings. The van der Waals surface area contributed by atoms with Gasteiger partial charge in [0.05, 0.1) is 22.8 Å². The fraction of sp³-hybridized carbons (Fsp3) is 0.273. The molecular weight excluding hydrogens is 320 g/mol. The molecule has 0 saturated heterocycles. The Balaban J connectivity index is 0.00000163. The van der Waals surface area contributed by atoms with Gasteiger partial charge < -0.3 is 10.6 Å². The van der Waals surface area contributed by atoms with Gasteiger partial charge in [0.25, 0.3) is 0 Å². The molecule has 2 N–H and O–H groups in total. The van der Waals surface area contributed by atoms with E-state index in [9.17, 15) is 0 Å². The van der Waals surface area contributed by atoms with Gasteiger partial charge in [0.1, 0.15) is 0 Å². The number of nitrogens with zero attached hydrogens (tertiary/aromatic N) is 2. The number of pyridine rings is 2. The number of unbranched alkanes of at least 4 members (excludes halogenated alkanes) is 3. The molecule has 0 aliphatic heterocycles. The van der Waals surface area contributed by atoms with Gasteiger partial charge in [0.15, 0.2) is 0 Å². The second-order valence-corrected chi connectivity index (χ2v) is 5.65. The Hall–Kier alpha value is -3.06. The van der Waals surface area contributed by atoms with Crippen molar-refractivity contribution in [3.05, 3.63) is 73.3 Å².